The fraction of sp³-hybridized carbons (Fsp3) is 0.933. The second-order valence-electron chi connectivity index (χ2n) is 12.5. The molecule has 0 heterocycles. The molecule has 32 heavy (non-hydrogen) atoms. The van der Waals surface area contributed by atoms with Gasteiger partial charge in [-0.1, -0.05) is 47.1 Å². The lowest BCUT2D eigenvalue weighted by atomic mass is 9.37. The van der Waals surface area contributed by atoms with E-state index in [4.69, 9.17) is 0 Å². The molecule has 0 aromatic carbocycles. The van der Waals surface area contributed by atoms with E-state index in [-0.39, 0.29) is 11.5 Å². The first-order chi connectivity index (χ1) is 15.3. The molecule has 5 fully saturated rings. The second-order valence-corrected chi connectivity index (χ2v) is 12.5. The summed E-state index contributed by atoms with van der Waals surface area (Å²) < 4.78 is 0. The Hall–Kier alpha value is -0.340. The molecule has 0 amide bonds. The van der Waals surface area contributed by atoms with Gasteiger partial charge in [-0.15, -0.1) is 6.58 Å². The predicted octanol–water partition coefficient (Wildman–Crippen LogP) is 7.63. The first-order valence-corrected chi connectivity index (χ1v) is 14.1. The molecule has 5 aliphatic rings. The highest BCUT2D eigenvalue weighted by molar-refractivity contribution is 5.13. The molecule has 0 aromatic heterocycles. The Morgan fingerprint density at radius 2 is 1.44 bits per heavy atom. The van der Waals surface area contributed by atoms with Gasteiger partial charge < -0.3 is 10.2 Å². The zero-order valence-corrected chi connectivity index (χ0v) is 22.2. The minimum atomic E-state index is -0.0675. The van der Waals surface area contributed by atoms with Crippen LogP contribution in [0.25, 0.3) is 0 Å². The fourth-order valence-electron chi connectivity index (χ4n) is 10.2. The van der Waals surface area contributed by atoms with E-state index in [2.05, 4.69) is 27.4 Å². The molecule has 5 rings (SSSR count). The third-order valence-electron chi connectivity index (χ3n) is 11.6. The quantitative estimate of drug-likeness (QED) is 0.406. The van der Waals surface area contributed by atoms with Crippen LogP contribution in [-0.4, -0.2) is 22.9 Å². The Labute approximate surface area is 199 Å². The van der Waals surface area contributed by atoms with E-state index in [0.29, 0.717) is 23.4 Å². The molecule has 2 heteroatoms. The molecule has 0 aliphatic heterocycles. The third-order valence-corrected chi connectivity index (χ3v) is 11.6. The van der Waals surface area contributed by atoms with Gasteiger partial charge in [-0.2, -0.15) is 0 Å². The number of fused-ring (bicyclic) bond motifs is 7. The lowest BCUT2D eigenvalue weighted by Crippen LogP contribution is -2.61. The van der Waals surface area contributed by atoms with Crippen LogP contribution in [0.3, 0.4) is 0 Å². The number of aliphatic hydroxyl groups excluding tert-OH is 2. The highest BCUT2D eigenvalue weighted by Gasteiger charge is 2.64. The summed E-state index contributed by atoms with van der Waals surface area (Å²) in [6.45, 7) is 17.3. The molecule has 0 aromatic rings. The fourth-order valence-corrected chi connectivity index (χ4v) is 10.2. The molecule has 0 saturated heterocycles. The largest absolute Gasteiger partial charge is 0.396 e. The van der Waals surface area contributed by atoms with Gasteiger partial charge >= 0.3 is 0 Å². The van der Waals surface area contributed by atoms with Gasteiger partial charge in [0.2, 0.25) is 0 Å². The van der Waals surface area contributed by atoms with Crippen LogP contribution in [0.15, 0.2) is 12.7 Å². The number of hydrogen-bond donors (Lipinski definition) is 2. The van der Waals surface area contributed by atoms with Crippen LogP contribution in [0.2, 0.25) is 0 Å². The summed E-state index contributed by atoms with van der Waals surface area (Å²) in [5, 5.41) is 20.8. The summed E-state index contributed by atoms with van der Waals surface area (Å²) in [6, 6.07) is 0. The molecule has 5 aliphatic carbocycles. The number of rotatable bonds is 1. The van der Waals surface area contributed by atoms with Gasteiger partial charge in [0.25, 0.3) is 0 Å². The van der Waals surface area contributed by atoms with E-state index in [1.807, 2.05) is 20.8 Å². The summed E-state index contributed by atoms with van der Waals surface area (Å²) in [5.74, 6) is 4.62. The van der Waals surface area contributed by atoms with Crippen molar-refractivity contribution >= 4 is 0 Å². The number of aliphatic hydroxyl groups is 2. The summed E-state index contributed by atoms with van der Waals surface area (Å²) >= 11 is 0. The number of hydrogen-bond acceptors (Lipinski definition) is 2. The van der Waals surface area contributed by atoms with E-state index >= 15 is 0 Å². The van der Waals surface area contributed by atoms with E-state index < -0.39 is 0 Å². The highest BCUT2D eigenvalue weighted by Crippen LogP contribution is 2.71. The van der Waals surface area contributed by atoms with E-state index in [1.165, 1.54) is 64.2 Å². The van der Waals surface area contributed by atoms with Gasteiger partial charge in [-0.05, 0) is 123 Å². The molecule has 10 unspecified atom stereocenters. The lowest BCUT2D eigenvalue weighted by Gasteiger charge is -2.67. The molecule has 10 atom stereocenters. The van der Waals surface area contributed by atoms with Gasteiger partial charge in [-0.3, -0.25) is 0 Å². The molecule has 0 bridgehead atoms. The van der Waals surface area contributed by atoms with Crippen molar-refractivity contribution in [2.24, 2.45) is 51.8 Å². The van der Waals surface area contributed by atoms with Gasteiger partial charge in [0, 0.05) is 6.61 Å². The summed E-state index contributed by atoms with van der Waals surface area (Å²) in [4.78, 5) is 0. The predicted molar refractivity (Wildman–Crippen MR) is 136 cm³/mol. The molecule has 2 nitrogen and oxygen atoms in total. The topological polar surface area (TPSA) is 40.5 Å². The van der Waals surface area contributed by atoms with Crippen LogP contribution in [0.1, 0.15) is 112 Å². The number of allylic oxidation sites excluding steroid dienone is 1. The van der Waals surface area contributed by atoms with Crippen LogP contribution in [-0.2, 0) is 0 Å². The Balaban J connectivity index is 0.000000536. The van der Waals surface area contributed by atoms with Crippen molar-refractivity contribution in [1.29, 1.82) is 0 Å². The van der Waals surface area contributed by atoms with E-state index in [9.17, 15) is 10.2 Å². The molecular formula is C30H54O2. The van der Waals surface area contributed by atoms with Crippen molar-refractivity contribution in [2.75, 3.05) is 6.61 Å². The van der Waals surface area contributed by atoms with Crippen molar-refractivity contribution < 1.29 is 10.2 Å². The van der Waals surface area contributed by atoms with Crippen LogP contribution >= 0.6 is 0 Å². The standard InChI is InChI=1S/C25H42O2.C3H6.C2H6/c1-16-18-8-12-24(3)19-9-14-25(15-26)11-4-5-20(25)17(19)6-7-22(24)23(18,2)13-10-21(16)27;1-3-2;1-2/h16-22,26-27H,4-15H2,1-3H3;3H,1H2,2H3;1-2H3. The molecular weight excluding hydrogens is 392 g/mol. The minimum absolute atomic E-state index is 0.0675. The average molecular weight is 447 g/mol. The van der Waals surface area contributed by atoms with Crippen LogP contribution in [0.4, 0.5) is 0 Å². The third kappa shape index (κ3) is 3.94. The van der Waals surface area contributed by atoms with Crippen molar-refractivity contribution in [2.45, 2.75) is 118 Å². The molecule has 186 valence electrons. The zero-order chi connectivity index (χ0) is 23.7. The highest BCUT2D eigenvalue weighted by atomic mass is 16.3. The summed E-state index contributed by atoms with van der Waals surface area (Å²) in [6.07, 6.45) is 16.2. The first kappa shape index (κ1) is 26.3. The molecule has 5 saturated carbocycles. The van der Waals surface area contributed by atoms with Crippen LogP contribution in [0.5, 0.6) is 0 Å². The Morgan fingerprint density at radius 3 is 2.09 bits per heavy atom. The summed E-state index contributed by atoms with van der Waals surface area (Å²) in [5.41, 5.74) is 1.23. The maximum absolute atomic E-state index is 10.5. The van der Waals surface area contributed by atoms with Crippen molar-refractivity contribution in [1.82, 2.24) is 0 Å². The molecule has 0 radical (unpaired) electrons. The smallest absolute Gasteiger partial charge is 0.0568 e. The maximum Gasteiger partial charge on any atom is 0.0568 e. The van der Waals surface area contributed by atoms with Gasteiger partial charge in [0.05, 0.1) is 6.10 Å². The molecule has 2 N–H and O–H groups in total. The Morgan fingerprint density at radius 1 is 0.844 bits per heavy atom. The minimum Gasteiger partial charge on any atom is -0.396 e. The van der Waals surface area contributed by atoms with Gasteiger partial charge in [-0.25, -0.2) is 0 Å². The normalized spacial score (nSPS) is 51.3. The Bertz CT molecular complexity index is 630. The molecule has 0 spiro atoms. The first-order valence-electron chi connectivity index (χ1n) is 14.1. The lowest BCUT2D eigenvalue weighted by molar-refractivity contribution is -0.197. The average Bonchev–Trinajstić information content (AvgIpc) is 3.23. The monoisotopic (exact) mass is 446 g/mol. The second kappa shape index (κ2) is 10.1. The summed E-state index contributed by atoms with van der Waals surface area (Å²) in [7, 11) is 0. The van der Waals surface area contributed by atoms with E-state index in [0.717, 1.165) is 36.0 Å². The van der Waals surface area contributed by atoms with Crippen molar-refractivity contribution in [3.8, 4) is 0 Å². The maximum atomic E-state index is 10.5. The van der Waals surface area contributed by atoms with Crippen molar-refractivity contribution in [3.63, 3.8) is 0 Å². The zero-order valence-electron chi connectivity index (χ0n) is 22.2. The SMILES string of the molecule is C=CC.CC.CC1C(O)CCC2(C)C1CCC1(C)C3CCC4(CO)CCCC4C3CCC21. The van der Waals surface area contributed by atoms with Crippen molar-refractivity contribution in [3.05, 3.63) is 12.7 Å². The van der Waals surface area contributed by atoms with Gasteiger partial charge in [0.15, 0.2) is 0 Å². The Kier molecular flexibility index (Phi) is 8.30. The van der Waals surface area contributed by atoms with Crippen LogP contribution in [0, 0.1) is 51.8 Å². The van der Waals surface area contributed by atoms with Gasteiger partial charge in [0.1, 0.15) is 0 Å². The van der Waals surface area contributed by atoms with Crippen LogP contribution < -0.4 is 0 Å². The van der Waals surface area contributed by atoms with E-state index in [1.54, 1.807) is 6.08 Å².